The molecule has 1 aliphatic heterocycles. The molecule has 0 atom stereocenters. The summed E-state index contributed by atoms with van der Waals surface area (Å²) in [6.45, 7) is 2.99. The number of primary amides is 1. The summed E-state index contributed by atoms with van der Waals surface area (Å²) in [5, 5.41) is 5.59. The van der Waals surface area contributed by atoms with Gasteiger partial charge in [0.2, 0.25) is 5.91 Å². The molecule has 120 valence electrons. The summed E-state index contributed by atoms with van der Waals surface area (Å²) in [4.78, 5) is 31.5. The Labute approximate surface area is 133 Å². The highest BCUT2D eigenvalue weighted by atomic mass is 32.1. The molecule has 0 aromatic carbocycles. The maximum Gasteiger partial charge on any atom is 0.323 e. The number of anilines is 1. The number of rotatable bonds is 4. The molecule has 1 aromatic rings. The number of carbonyl (C=O) groups is 2. The first-order valence-electron chi connectivity index (χ1n) is 7.64. The van der Waals surface area contributed by atoms with Gasteiger partial charge in [-0.25, -0.2) is 9.78 Å². The van der Waals surface area contributed by atoms with Crippen LogP contribution in [-0.2, 0) is 4.79 Å². The Morgan fingerprint density at radius 1 is 1.32 bits per heavy atom. The molecule has 0 unspecified atom stereocenters. The standard InChI is InChI=1S/C14H21N5O2S/c15-12(20)8-18-4-1-5-19(7-6-18)14(21)17-13-16-11(9-22-13)10-2-3-10/h9-10H,1-8H2,(H2,15,20)(H,16,17,21). The summed E-state index contributed by atoms with van der Waals surface area (Å²) < 4.78 is 0. The van der Waals surface area contributed by atoms with Crippen LogP contribution >= 0.6 is 11.3 Å². The molecule has 1 saturated carbocycles. The number of thiazole rings is 1. The third kappa shape index (κ3) is 3.95. The predicted molar refractivity (Wildman–Crippen MR) is 84.9 cm³/mol. The average molecular weight is 323 g/mol. The third-order valence-corrected chi connectivity index (χ3v) is 4.76. The molecule has 1 aromatic heterocycles. The van der Waals surface area contributed by atoms with Crippen molar-refractivity contribution in [2.45, 2.75) is 25.2 Å². The van der Waals surface area contributed by atoms with E-state index in [4.69, 9.17) is 5.73 Å². The van der Waals surface area contributed by atoms with Gasteiger partial charge in [-0.3, -0.25) is 15.0 Å². The number of nitrogens with two attached hydrogens (primary N) is 1. The third-order valence-electron chi connectivity index (χ3n) is 3.99. The fourth-order valence-electron chi connectivity index (χ4n) is 2.63. The molecule has 22 heavy (non-hydrogen) atoms. The Balaban J connectivity index is 1.51. The van der Waals surface area contributed by atoms with E-state index in [0.29, 0.717) is 30.7 Å². The second-order valence-electron chi connectivity index (χ2n) is 5.87. The van der Waals surface area contributed by atoms with E-state index in [2.05, 4.69) is 10.3 Å². The Hall–Kier alpha value is -1.67. The number of nitrogens with one attached hydrogen (secondary N) is 1. The second-order valence-corrected chi connectivity index (χ2v) is 6.72. The molecule has 8 heteroatoms. The van der Waals surface area contributed by atoms with E-state index < -0.39 is 0 Å². The normalized spacial score (nSPS) is 19.7. The highest BCUT2D eigenvalue weighted by molar-refractivity contribution is 7.13. The largest absolute Gasteiger partial charge is 0.369 e. The fourth-order valence-corrected chi connectivity index (χ4v) is 3.42. The van der Waals surface area contributed by atoms with Crippen molar-refractivity contribution in [1.29, 1.82) is 0 Å². The molecule has 0 spiro atoms. The summed E-state index contributed by atoms with van der Waals surface area (Å²) in [5.74, 6) is 0.274. The SMILES string of the molecule is NC(=O)CN1CCCN(C(=O)Nc2nc(C3CC3)cs2)CC1. The van der Waals surface area contributed by atoms with Gasteiger partial charge in [-0.1, -0.05) is 0 Å². The predicted octanol–water partition coefficient (Wildman–Crippen LogP) is 1.05. The van der Waals surface area contributed by atoms with Crippen LogP contribution in [0.25, 0.3) is 0 Å². The zero-order valence-corrected chi connectivity index (χ0v) is 13.3. The summed E-state index contributed by atoms with van der Waals surface area (Å²) in [6.07, 6.45) is 3.25. The van der Waals surface area contributed by atoms with Crippen molar-refractivity contribution in [2.24, 2.45) is 5.73 Å². The molecular formula is C14H21N5O2S. The van der Waals surface area contributed by atoms with Gasteiger partial charge in [-0.15, -0.1) is 11.3 Å². The van der Waals surface area contributed by atoms with Crippen LogP contribution in [0.3, 0.4) is 0 Å². The van der Waals surface area contributed by atoms with E-state index in [1.807, 2.05) is 10.3 Å². The molecule has 0 bridgehead atoms. The average Bonchev–Trinajstić information content (AvgIpc) is 3.25. The summed E-state index contributed by atoms with van der Waals surface area (Å²) in [5.41, 5.74) is 6.32. The van der Waals surface area contributed by atoms with Crippen molar-refractivity contribution >= 4 is 28.4 Å². The van der Waals surface area contributed by atoms with Gasteiger partial charge in [-0.2, -0.15) is 0 Å². The van der Waals surface area contributed by atoms with Crippen molar-refractivity contribution in [3.05, 3.63) is 11.1 Å². The Kier molecular flexibility index (Phi) is 4.58. The molecule has 1 saturated heterocycles. The van der Waals surface area contributed by atoms with Crippen molar-refractivity contribution in [2.75, 3.05) is 38.0 Å². The lowest BCUT2D eigenvalue weighted by Crippen LogP contribution is -2.39. The van der Waals surface area contributed by atoms with E-state index in [1.165, 1.54) is 24.2 Å². The molecule has 1 aliphatic carbocycles. The first kappa shape index (κ1) is 15.2. The second kappa shape index (κ2) is 6.62. The summed E-state index contributed by atoms with van der Waals surface area (Å²) in [6, 6.07) is -0.113. The molecule has 2 heterocycles. The number of urea groups is 1. The lowest BCUT2D eigenvalue weighted by molar-refractivity contribution is -0.119. The number of hydrogen-bond acceptors (Lipinski definition) is 5. The number of carbonyl (C=O) groups excluding carboxylic acids is 2. The summed E-state index contributed by atoms with van der Waals surface area (Å²) >= 11 is 1.48. The topological polar surface area (TPSA) is 91.6 Å². The molecule has 2 fully saturated rings. The smallest absolute Gasteiger partial charge is 0.323 e. The number of hydrogen-bond donors (Lipinski definition) is 2. The molecule has 7 nitrogen and oxygen atoms in total. The first-order chi connectivity index (χ1) is 10.6. The monoisotopic (exact) mass is 323 g/mol. The van der Waals surface area contributed by atoms with E-state index in [9.17, 15) is 9.59 Å². The van der Waals surface area contributed by atoms with Gasteiger partial charge < -0.3 is 10.6 Å². The minimum atomic E-state index is -0.326. The number of nitrogens with zero attached hydrogens (tertiary/aromatic N) is 3. The lowest BCUT2D eigenvalue weighted by atomic mass is 10.3. The Morgan fingerprint density at radius 3 is 2.86 bits per heavy atom. The van der Waals surface area contributed by atoms with Gasteiger partial charge in [0.25, 0.3) is 0 Å². The summed E-state index contributed by atoms with van der Waals surface area (Å²) in [7, 11) is 0. The quantitative estimate of drug-likeness (QED) is 0.866. The van der Waals surface area contributed by atoms with Gasteiger partial charge in [-0.05, 0) is 19.3 Å². The number of amides is 3. The van der Waals surface area contributed by atoms with Gasteiger partial charge in [0.1, 0.15) is 0 Å². The molecular weight excluding hydrogens is 302 g/mol. The van der Waals surface area contributed by atoms with Crippen molar-refractivity contribution < 1.29 is 9.59 Å². The van der Waals surface area contributed by atoms with Crippen molar-refractivity contribution in [3.8, 4) is 0 Å². The van der Waals surface area contributed by atoms with Crippen LogP contribution < -0.4 is 11.1 Å². The van der Waals surface area contributed by atoms with Crippen LogP contribution in [-0.4, -0.2) is 59.4 Å². The van der Waals surface area contributed by atoms with Gasteiger partial charge in [0, 0.05) is 37.5 Å². The maximum atomic E-state index is 12.3. The van der Waals surface area contributed by atoms with Crippen LogP contribution in [0.5, 0.6) is 0 Å². The zero-order valence-electron chi connectivity index (χ0n) is 12.5. The Bertz CT molecular complexity index is 557. The highest BCUT2D eigenvalue weighted by Gasteiger charge is 2.27. The van der Waals surface area contributed by atoms with Gasteiger partial charge in [0.15, 0.2) is 5.13 Å². The zero-order chi connectivity index (χ0) is 15.5. The fraction of sp³-hybridized carbons (Fsp3) is 0.643. The van der Waals surface area contributed by atoms with Crippen LogP contribution in [0, 0.1) is 0 Å². The molecule has 3 rings (SSSR count). The van der Waals surface area contributed by atoms with Crippen LogP contribution in [0.4, 0.5) is 9.93 Å². The van der Waals surface area contributed by atoms with Crippen molar-refractivity contribution in [3.63, 3.8) is 0 Å². The van der Waals surface area contributed by atoms with Crippen LogP contribution in [0.2, 0.25) is 0 Å². The number of aromatic nitrogens is 1. The minimum Gasteiger partial charge on any atom is -0.369 e. The van der Waals surface area contributed by atoms with Gasteiger partial charge >= 0.3 is 6.03 Å². The first-order valence-corrected chi connectivity index (χ1v) is 8.52. The minimum absolute atomic E-state index is 0.113. The molecule has 3 N–H and O–H groups in total. The lowest BCUT2D eigenvalue weighted by Gasteiger charge is -2.21. The Morgan fingerprint density at radius 2 is 2.14 bits per heavy atom. The molecule has 0 radical (unpaired) electrons. The van der Waals surface area contributed by atoms with E-state index in [1.54, 1.807) is 4.90 Å². The van der Waals surface area contributed by atoms with E-state index in [0.717, 1.165) is 18.7 Å². The van der Waals surface area contributed by atoms with E-state index >= 15 is 0 Å². The maximum absolute atomic E-state index is 12.3. The van der Waals surface area contributed by atoms with Crippen LogP contribution in [0.1, 0.15) is 30.9 Å². The molecule has 2 aliphatic rings. The van der Waals surface area contributed by atoms with E-state index in [-0.39, 0.29) is 18.5 Å². The van der Waals surface area contributed by atoms with Crippen molar-refractivity contribution in [1.82, 2.24) is 14.8 Å². The van der Waals surface area contributed by atoms with Gasteiger partial charge in [0.05, 0.1) is 12.2 Å². The van der Waals surface area contributed by atoms with Crippen LogP contribution in [0.15, 0.2) is 5.38 Å². The highest BCUT2D eigenvalue weighted by Crippen LogP contribution is 2.40. The molecule has 3 amide bonds.